The molecule has 7 nitrogen and oxygen atoms in total. The fraction of sp³-hybridized carbons (Fsp3) is 0.778. The van der Waals surface area contributed by atoms with Gasteiger partial charge in [0.25, 0.3) is 0 Å². The van der Waals surface area contributed by atoms with Gasteiger partial charge >= 0.3 is 12.0 Å². The maximum Gasteiger partial charge on any atom is 0.317 e. The molecule has 0 fully saturated rings. The van der Waals surface area contributed by atoms with E-state index >= 15 is 0 Å². The standard InChI is InChI=1S/C9H18N2O5/c1-9(16,5-7(13)14)6-10-8(15)11(2)3-4-12/h12,16H,3-6H2,1-2H3,(H,10,15)(H,13,14). The Balaban J connectivity index is 4.03. The minimum Gasteiger partial charge on any atom is -0.481 e. The van der Waals surface area contributed by atoms with Gasteiger partial charge in [-0.15, -0.1) is 0 Å². The first-order valence-corrected chi connectivity index (χ1v) is 4.82. The molecule has 0 aliphatic rings. The number of aliphatic carboxylic acids is 1. The molecule has 0 radical (unpaired) electrons. The molecule has 4 N–H and O–H groups in total. The molecule has 0 rings (SSSR count). The number of carbonyl (C=O) groups is 2. The summed E-state index contributed by atoms with van der Waals surface area (Å²) >= 11 is 0. The molecule has 94 valence electrons. The quantitative estimate of drug-likeness (QED) is 0.463. The van der Waals surface area contributed by atoms with E-state index in [0.717, 1.165) is 0 Å². The number of likely N-dealkylation sites (N-methyl/N-ethyl adjacent to an activating group) is 1. The fourth-order valence-corrected chi connectivity index (χ4v) is 1.04. The van der Waals surface area contributed by atoms with Crippen LogP contribution in [-0.4, -0.2) is 64.6 Å². The topological polar surface area (TPSA) is 110 Å². The Morgan fingerprint density at radius 2 is 2.00 bits per heavy atom. The van der Waals surface area contributed by atoms with Gasteiger partial charge in [0.15, 0.2) is 0 Å². The van der Waals surface area contributed by atoms with Crippen molar-refractivity contribution >= 4 is 12.0 Å². The SMILES string of the molecule is CN(CCO)C(=O)NCC(C)(O)CC(=O)O. The summed E-state index contributed by atoms with van der Waals surface area (Å²) in [7, 11) is 1.48. The van der Waals surface area contributed by atoms with Crippen LogP contribution in [0.15, 0.2) is 0 Å². The van der Waals surface area contributed by atoms with E-state index in [-0.39, 0.29) is 19.7 Å². The Morgan fingerprint density at radius 3 is 2.44 bits per heavy atom. The second kappa shape index (κ2) is 6.29. The molecule has 0 spiro atoms. The minimum atomic E-state index is -1.48. The Kier molecular flexibility index (Phi) is 5.76. The third-order valence-corrected chi connectivity index (χ3v) is 1.93. The number of amides is 2. The maximum absolute atomic E-state index is 11.3. The Hall–Kier alpha value is -1.34. The van der Waals surface area contributed by atoms with Crippen LogP contribution in [0.1, 0.15) is 13.3 Å². The van der Waals surface area contributed by atoms with E-state index in [1.807, 2.05) is 0 Å². The Bertz CT molecular complexity index is 254. The molecule has 1 unspecified atom stereocenters. The molecular weight excluding hydrogens is 216 g/mol. The van der Waals surface area contributed by atoms with Crippen molar-refractivity contribution in [3.8, 4) is 0 Å². The van der Waals surface area contributed by atoms with Crippen molar-refractivity contribution in [1.82, 2.24) is 10.2 Å². The van der Waals surface area contributed by atoms with Crippen LogP contribution in [0.2, 0.25) is 0 Å². The fourth-order valence-electron chi connectivity index (χ4n) is 1.04. The van der Waals surface area contributed by atoms with Gasteiger partial charge in [0.1, 0.15) is 0 Å². The number of nitrogens with one attached hydrogen (secondary N) is 1. The summed E-state index contributed by atoms with van der Waals surface area (Å²) in [6, 6.07) is -0.472. The average Bonchev–Trinajstić information content (AvgIpc) is 2.12. The molecule has 2 amide bonds. The van der Waals surface area contributed by atoms with E-state index in [0.29, 0.717) is 0 Å². The molecular formula is C9H18N2O5. The molecule has 1 atom stereocenters. The van der Waals surface area contributed by atoms with E-state index in [1.54, 1.807) is 0 Å². The summed E-state index contributed by atoms with van der Waals surface area (Å²) < 4.78 is 0. The third-order valence-electron chi connectivity index (χ3n) is 1.93. The minimum absolute atomic E-state index is 0.157. The number of rotatable bonds is 6. The predicted molar refractivity (Wildman–Crippen MR) is 56.0 cm³/mol. The van der Waals surface area contributed by atoms with Gasteiger partial charge in [-0.1, -0.05) is 0 Å². The summed E-state index contributed by atoms with van der Waals surface area (Å²) in [5, 5.41) is 29.0. The van der Waals surface area contributed by atoms with Crippen LogP contribution < -0.4 is 5.32 Å². The van der Waals surface area contributed by atoms with Crippen LogP contribution in [0, 0.1) is 0 Å². The number of aliphatic hydroxyl groups excluding tert-OH is 1. The lowest BCUT2D eigenvalue weighted by molar-refractivity contribution is -0.141. The zero-order chi connectivity index (χ0) is 12.8. The molecule has 16 heavy (non-hydrogen) atoms. The lowest BCUT2D eigenvalue weighted by Crippen LogP contribution is -2.46. The molecule has 0 aromatic carbocycles. The number of urea groups is 1. The highest BCUT2D eigenvalue weighted by Gasteiger charge is 2.25. The van der Waals surface area contributed by atoms with Crippen molar-refractivity contribution < 1.29 is 24.9 Å². The number of carbonyl (C=O) groups excluding carboxylic acids is 1. The number of nitrogens with zero attached hydrogens (tertiary/aromatic N) is 1. The smallest absolute Gasteiger partial charge is 0.317 e. The van der Waals surface area contributed by atoms with Gasteiger partial charge in [0.05, 0.1) is 18.6 Å². The van der Waals surface area contributed by atoms with Crippen LogP contribution in [0.5, 0.6) is 0 Å². The second-order valence-corrected chi connectivity index (χ2v) is 3.87. The van der Waals surface area contributed by atoms with Crippen molar-refractivity contribution in [2.75, 3.05) is 26.7 Å². The van der Waals surface area contributed by atoms with Gasteiger partial charge < -0.3 is 25.5 Å². The predicted octanol–water partition coefficient (Wildman–Crippen LogP) is -1.15. The van der Waals surface area contributed by atoms with Gasteiger partial charge in [0.2, 0.25) is 0 Å². The Labute approximate surface area is 93.7 Å². The van der Waals surface area contributed by atoms with Gasteiger partial charge in [-0.05, 0) is 6.92 Å². The van der Waals surface area contributed by atoms with Crippen LogP contribution in [-0.2, 0) is 4.79 Å². The van der Waals surface area contributed by atoms with E-state index < -0.39 is 24.0 Å². The largest absolute Gasteiger partial charge is 0.481 e. The third kappa shape index (κ3) is 6.20. The number of hydrogen-bond donors (Lipinski definition) is 4. The van der Waals surface area contributed by atoms with Crippen molar-refractivity contribution in [3.63, 3.8) is 0 Å². The summed E-state index contributed by atoms with van der Waals surface area (Å²) in [6.45, 7) is 1.18. The van der Waals surface area contributed by atoms with Crippen LogP contribution in [0.4, 0.5) is 4.79 Å². The van der Waals surface area contributed by atoms with Gasteiger partial charge in [-0.3, -0.25) is 4.79 Å². The number of aliphatic hydroxyl groups is 2. The highest BCUT2D eigenvalue weighted by molar-refractivity contribution is 5.74. The van der Waals surface area contributed by atoms with Gasteiger partial charge in [0, 0.05) is 20.1 Å². The summed E-state index contributed by atoms with van der Waals surface area (Å²) in [5.41, 5.74) is -1.48. The Morgan fingerprint density at radius 1 is 1.44 bits per heavy atom. The van der Waals surface area contributed by atoms with Crippen LogP contribution in [0.25, 0.3) is 0 Å². The first-order valence-electron chi connectivity index (χ1n) is 4.82. The first-order chi connectivity index (χ1) is 7.28. The second-order valence-electron chi connectivity index (χ2n) is 3.87. The molecule has 0 bridgehead atoms. The van der Waals surface area contributed by atoms with E-state index in [2.05, 4.69) is 5.32 Å². The maximum atomic E-state index is 11.3. The highest BCUT2D eigenvalue weighted by Crippen LogP contribution is 2.07. The number of hydrogen-bond acceptors (Lipinski definition) is 4. The average molecular weight is 234 g/mol. The molecule has 0 heterocycles. The van der Waals surface area contributed by atoms with E-state index in [9.17, 15) is 14.7 Å². The summed E-state index contributed by atoms with van der Waals surface area (Å²) in [4.78, 5) is 22.9. The van der Waals surface area contributed by atoms with Gasteiger partial charge in [-0.2, -0.15) is 0 Å². The lowest BCUT2D eigenvalue weighted by atomic mass is 10.0. The van der Waals surface area contributed by atoms with E-state index in [1.165, 1.54) is 18.9 Å². The molecule has 0 aromatic heterocycles. The van der Waals surface area contributed by atoms with Crippen molar-refractivity contribution in [3.05, 3.63) is 0 Å². The molecule has 0 saturated heterocycles. The van der Waals surface area contributed by atoms with Crippen molar-refractivity contribution in [1.29, 1.82) is 0 Å². The van der Waals surface area contributed by atoms with Crippen LogP contribution >= 0.6 is 0 Å². The molecule has 0 saturated carbocycles. The van der Waals surface area contributed by atoms with Crippen LogP contribution in [0.3, 0.4) is 0 Å². The summed E-state index contributed by atoms with van der Waals surface area (Å²) in [5.74, 6) is -1.14. The number of carboxylic acid groups (broad SMARTS) is 1. The summed E-state index contributed by atoms with van der Waals surface area (Å²) in [6.07, 6.45) is -0.447. The zero-order valence-corrected chi connectivity index (χ0v) is 9.43. The number of carboxylic acids is 1. The molecule has 0 aliphatic carbocycles. The monoisotopic (exact) mass is 234 g/mol. The molecule has 0 aliphatic heterocycles. The normalized spacial score (nSPS) is 14.0. The van der Waals surface area contributed by atoms with Crippen molar-refractivity contribution in [2.24, 2.45) is 0 Å². The van der Waals surface area contributed by atoms with E-state index in [4.69, 9.17) is 10.2 Å². The first kappa shape index (κ1) is 14.7. The zero-order valence-electron chi connectivity index (χ0n) is 9.43. The highest BCUT2D eigenvalue weighted by atomic mass is 16.4. The van der Waals surface area contributed by atoms with Gasteiger partial charge in [-0.25, -0.2) is 4.79 Å². The van der Waals surface area contributed by atoms with Crippen molar-refractivity contribution in [2.45, 2.75) is 18.9 Å². The lowest BCUT2D eigenvalue weighted by Gasteiger charge is -2.23. The molecule has 0 aromatic rings. The molecule has 7 heteroatoms.